The zero-order valence-electron chi connectivity index (χ0n) is 14.1. The van der Waals surface area contributed by atoms with Gasteiger partial charge in [-0.1, -0.05) is 12.1 Å². The molecule has 1 fully saturated rings. The van der Waals surface area contributed by atoms with Gasteiger partial charge in [0.15, 0.2) is 0 Å². The van der Waals surface area contributed by atoms with E-state index in [1.54, 1.807) is 30.6 Å². The zero-order valence-corrected chi connectivity index (χ0v) is 14.1. The summed E-state index contributed by atoms with van der Waals surface area (Å²) >= 11 is 0. The average molecular weight is 360 g/mol. The fraction of sp³-hybridized carbons (Fsp3) is 0.368. The van der Waals surface area contributed by atoms with Gasteiger partial charge in [0.2, 0.25) is 5.91 Å². The topological polar surface area (TPSA) is 91.7 Å². The highest BCUT2D eigenvalue weighted by Crippen LogP contribution is 2.25. The lowest BCUT2D eigenvalue weighted by Crippen LogP contribution is -2.57. The summed E-state index contributed by atoms with van der Waals surface area (Å²) in [5, 5.41) is 23.4. The van der Waals surface area contributed by atoms with E-state index in [1.165, 1.54) is 18.2 Å². The summed E-state index contributed by atoms with van der Waals surface area (Å²) in [6, 6.07) is 8.59. The number of pyridine rings is 1. The number of benzene rings is 1. The molecule has 0 unspecified atom stereocenters. The number of carbonyl (C=O) groups excluding carboxylic acids is 1. The predicted octanol–water partition coefficient (Wildman–Crippen LogP) is 1.21. The summed E-state index contributed by atoms with van der Waals surface area (Å²) in [4.78, 5) is 16.1. The number of halogens is 1. The number of aliphatic hydroxyl groups is 2. The van der Waals surface area contributed by atoms with E-state index in [9.17, 15) is 19.4 Å². The average Bonchev–Trinajstić information content (AvgIpc) is 2.62. The van der Waals surface area contributed by atoms with Crippen molar-refractivity contribution in [1.29, 1.82) is 0 Å². The molecule has 2 aromatic rings. The Morgan fingerprint density at radius 2 is 2.08 bits per heavy atom. The molecule has 3 rings (SSSR count). The van der Waals surface area contributed by atoms with Gasteiger partial charge in [0.25, 0.3) is 0 Å². The van der Waals surface area contributed by atoms with Gasteiger partial charge in [-0.2, -0.15) is 0 Å². The van der Waals surface area contributed by atoms with Crippen molar-refractivity contribution < 1.29 is 24.1 Å². The SMILES string of the molecule is O=C(Cc1cccnc1)N[C@@H]1CC[C@@H](Oc2cccc(F)c2)[C@H](O)[C@H]1O. The number of nitrogens with one attached hydrogen (secondary N) is 1. The van der Waals surface area contributed by atoms with Crippen LogP contribution in [0.25, 0.3) is 0 Å². The number of carbonyl (C=O) groups is 1. The molecular weight excluding hydrogens is 339 g/mol. The summed E-state index contributed by atoms with van der Waals surface area (Å²) in [5.74, 6) is -0.395. The van der Waals surface area contributed by atoms with Gasteiger partial charge in [-0.25, -0.2) is 4.39 Å². The van der Waals surface area contributed by atoms with Crippen molar-refractivity contribution >= 4 is 5.91 Å². The summed E-state index contributed by atoms with van der Waals surface area (Å²) in [6.07, 6.45) is 1.23. The van der Waals surface area contributed by atoms with Crippen LogP contribution < -0.4 is 10.1 Å². The van der Waals surface area contributed by atoms with Crippen molar-refractivity contribution in [3.8, 4) is 5.75 Å². The first kappa shape index (κ1) is 18.3. The van der Waals surface area contributed by atoms with E-state index in [2.05, 4.69) is 10.3 Å². The molecule has 1 aromatic carbocycles. The number of ether oxygens (including phenoxy) is 1. The van der Waals surface area contributed by atoms with Gasteiger partial charge in [-0.05, 0) is 36.6 Å². The Kier molecular flexibility index (Phi) is 5.80. The van der Waals surface area contributed by atoms with Crippen LogP contribution in [-0.2, 0) is 11.2 Å². The zero-order chi connectivity index (χ0) is 18.5. The summed E-state index contributed by atoms with van der Waals surface area (Å²) in [6.45, 7) is 0. The second kappa shape index (κ2) is 8.25. The number of aliphatic hydroxyl groups excluding tert-OH is 2. The molecule has 0 spiro atoms. The molecule has 6 nitrogen and oxygen atoms in total. The van der Waals surface area contributed by atoms with Crippen LogP contribution in [0.5, 0.6) is 5.75 Å². The summed E-state index contributed by atoms with van der Waals surface area (Å²) in [7, 11) is 0. The van der Waals surface area contributed by atoms with Crippen LogP contribution in [0.1, 0.15) is 18.4 Å². The van der Waals surface area contributed by atoms with Gasteiger partial charge in [0, 0.05) is 18.5 Å². The Balaban J connectivity index is 1.55. The number of hydrogen-bond donors (Lipinski definition) is 3. The second-order valence-corrected chi connectivity index (χ2v) is 6.38. The molecule has 0 saturated heterocycles. The van der Waals surface area contributed by atoms with E-state index in [0.717, 1.165) is 5.56 Å². The number of aromatic nitrogens is 1. The molecule has 1 aromatic heterocycles. The molecule has 0 bridgehead atoms. The molecule has 1 aliphatic rings. The number of amides is 1. The van der Waals surface area contributed by atoms with E-state index in [0.29, 0.717) is 18.6 Å². The molecule has 4 atom stereocenters. The first-order valence-electron chi connectivity index (χ1n) is 8.49. The molecule has 1 saturated carbocycles. The van der Waals surface area contributed by atoms with Gasteiger partial charge in [-0.3, -0.25) is 9.78 Å². The van der Waals surface area contributed by atoms with Crippen molar-refractivity contribution in [2.24, 2.45) is 0 Å². The lowest BCUT2D eigenvalue weighted by Gasteiger charge is -2.37. The van der Waals surface area contributed by atoms with E-state index < -0.39 is 30.2 Å². The van der Waals surface area contributed by atoms with Gasteiger partial charge in [0.1, 0.15) is 29.9 Å². The van der Waals surface area contributed by atoms with E-state index in [-0.39, 0.29) is 12.3 Å². The second-order valence-electron chi connectivity index (χ2n) is 6.38. The van der Waals surface area contributed by atoms with Crippen molar-refractivity contribution in [2.45, 2.75) is 43.6 Å². The Morgan fingerprint density at radius 3 is 2.81 bits per heavy atom. The first-order valence-corrected chi connectivity index (χ1v) is 8.49. The molecule has 3 N–H and O–H groups in total. The third-order valence-electron chi connectivity index (χ3n) is 4.42. The quantitative estimate of drug-likeness (QED) is 0.746. The van der Waals surface area contributed by atoms with Gasteiger partial charge in [0.05, 0.1) is 12.5 Å². The fourth-order valence-electron chi connectivity index (χ4n) is 3.09. The largest absolute Gasteiger partial charge is 0.488 e. The number of hydrogen-bond acceptors (Lipinski definition) is 5. The highest BCUT2D eigenvalue weighted by molar-refractivity contribution is 5.78. The Morgan fingerprint density at radius 1 is 1.23 bits per heavy atom. The first-order chi connectivity index (χ1) is 12.5. The van der Waals surface area contributed by atoms with Gasteiger partial charge < -0.3 is 20.3 Å². The van der Waals surface area contributed by atoms with Crippen LogP contribution in [0.3, 0.4) is 0 Å². The van der Waals surface area contributed by atoms with E-state index in [1.807, 2.05) is 0 Å². The molecule has 138 valence electrons. The third kappa shape index (κ3) is 4.56. The molecule has 1 aliphatic carbocycles. The molecule has 0 radical (unpaired) electrons. The molecular formula is C19H21FN2O4. The molecule has 26 heavy (non-hydrogen) atoms. The van der Waals surface area contributed by atoms with Crippen molar-refractivity contribution in [2.75, 3.05) is 0 Å². The van der Waals surface area contributed by atoms with E-state index in [4.69, 9.17) is 4.74 Å². The maximum Gasteiger partial charge on any atom is 0.224 e. The highest BCUT2D eigenvalue weighted by atomic mass is 19.1. The lowest BCUT2D eigenvalue weighted by atomic mass is 9.87. The molecule has 0 aliphatic heterocycles. The minimum absolute atomic E-state index is 0.149. The smallest absolute Gasteiger partial charge is 0.224 e. The van der Waals surface area contributed by atoms with Gasteiger partial charge >= 0.3 is 0 Å². The predicted molar refractivity (Wildman–Crippen MR) is 91.9 cm³/mol. The number of rotatable bonds is 5. The number of nitrogens with zero attached hydrogens (tertiary/aromatic N) is 1. The standard InChI is InChI=1S/C19H21FN2O4/c20-13-4-1-5-14(10-13)26-16-7-6-15(18(24)19(16)25)22-17(23)9-12-3-2-8-21-11-12/h1-5,8,10-11,15-16,18-19,24-25H,6-7,9H2,(H,22,23)/t15-,16-,18+,19+/m1/s1. The van der Waals surface area contributed by atoms with Crippen LogP contribution in [-0.4, -0.2) is 45.5 Å². The monoisotopic (exact) mass is 360 g/mol. The minimum atomic E-state index is -1.18. The van der Waals surface area contributed by atoms with Gasteiger partial charge in [-0.15, -0.1) is 0 Å². The Hall–Kier alpha value is -2.51. The molecule has 7 heteroatoms. The van der Waals surface area contributed by atoms with Crippen LogP contribution >= 0.6 is 0 Å². The van der Waals surface area contributed by atoms with Crippen molar-refractivity contribution in [3.05, 3.63) is 60.2 Å². The molecule has 1 amide bonds. The molecule has 1 heterocycles. The minimum Gasteiger partial charge on any atom is -0.488 e. The normalized spacial score (nSPS) is 25.5. The van der Waals surface area contributed by atoms with E-state index >= 15 is 0 Å². The Labute approximate surface area is 150 Å². The fourth-order valence-corrected chi connectivity index (χ4v) is 3.09. The van der Waals surface area contributed by atoms with Crippen molar-refractivity contribution in [1.82, 2.24) is 10.3 Å². The maximum absolute atomic E-state index is 13.2. The summed E-state index contributed by atoms with van der Waals surface area (Å²) in [5.41, 5.74) is 0.767. The highest BCUT2D eigenvalue weighted by Gasteiger charge is 2.39. The van der Waals surface area contributed by atoms with Crippen LogP contribution in [0.4, 0.5) is 4.39 Å². The van der Waals surface area contributed by atoms with Crippen LogP contribution in [0.2, 0.25) is 0 Å². The maximum atomic E-state index is 13.2. The lowest BCUT2D eigenvalue weighted by molar-refractivity contribution is -0.126. The van der Waals surface area contributed by atoms with Crippen LogP contribution in [0.15, 0.2) is 48.8 Å². The van der Waals surface area contributed by atoms with Crippen LogP contribution in [0, 0.1) is 5.82 Å². The van der Waals surface area contributed by atoms with Crippen molar-refractivity contribution in [3.63, 3.8) is 0 Å². The summed E-state index contributed by atoms with van der Waals surface area (Å²) < 4.78 is 18.8. The third-order valence-corrected chi connectivity index (χ3v) is 4.42. The Bertz CT molecular complexity index is 743.